The highest BCUT2D eigenvalue weighted by Gasteiger charge is 2.41. The van der Waals surface area contributed by atoms with E-state index in [1.807, 2.05) is 71.8 Å². The standard InChI is InChI=1S/C26H27ClN4O2S/c1-16(2)14-28-22(32)13-19-15-34-26-29-17(3)23(25(33)30-18-9-5-4-6-10-18)24(31(19)26)20-11-7-8-12-21(20)27/h4-12,15-16,24H,13-14H2,1-3H3,(H,28,32)(H,30,33). The zero-order valence-corrected chi connectivity index (χ0v) is 20.9. The van der Waals surface area contributed by atoms with Gasteiger partial charge in [-0.3, -0.25) is 9.59 Å². The fourth-order valence-corrected chi connectivity index (χ4v) is 5.12. The van der Waals surface area contributed by atoms with E-state index in [1.165, 1.54) is 11.8 Å². The number of allylic oxidation sites excluding steroid dienone is 1. The van der Waals surface area contributed by atoms with E-state index in [0.29, 0.717) is 34.4 Å². The molecule has 2 N–H and O–H groups in total. The summed E-state index contributed by atoms with van der Waals surface area (Å²) in [6.45, 7) is 6.55. The number of benzene rings is 2. The number of para-hydroxylation sites is 1. The zero-order valence-electron chi connectivity index (χ0n) is 19.3. The molecule has 0 fully saturated rings. The third-order valence-corrected chi connectivity index (χ3v) is 6.76. The minimum atomic E-state index is -0.510. The Hall–Kier alpha value is -3.03. The smallest absolute Gasteiger partial charge is 0.255 e. The number of thioether (sulfide) groups is 1. The van der Waals surface area contributed by atoms with Crippen LogP contribution in [0, 0.1) is 5.92 Å². The number of aliphatic imine (C=N–C) groups is 1. The molecule has 0 saturated heterocycles. The predicted molar refractivity (Wildman–Crippen MR) is 139 cm³/mol. The summed E-state index contributed by atoms with van der Waals surface area (Å²) in [7, 11) is 0. The van der Waals surface area contributed by atoms with E-state index in [-0.39, 0.29) is 18.2 Å². The lowest BCUT2D eigenvalue weighted by Crippen LogP contribution is -2.39. The topological polar surface area (TPSA) is 73.8 Å². The molecule has 1 atom stereocenters. The van der Waals surface area contributed by atoms with Gasteiger partial charge in [0.2, 0.25) is 5.91 Å². The SMILES string of the molecule is CC1=C(C(=O)Nc2ccccc2)C(c2ccccc2Cl)N2C(CC(=O)NCC(C)C)=CSC2=N1. The fraction of sp³-hybridized carbons (Fsp3) is 0.269. The summed E-state index contributed by atoms with van der Waals surface area (Å²) in [5, 5.41) is 9.17. The summed E-state index contributed by atoms with van der Waals surface area (Å²) in [5.41, 5.74) is 3.38. The van der Waals surface area contributed by atoms with Crippen LogP contribution in [0.1, 0.15) is 38.8 Å². The van der Waals surface area contributed by atoms with Crippen LogP contribution in [0.15, 0.2) is 82.0 Å². The van der Waals surface area contributed by atoms with Crippen molar-refractivity contribution in [3.63, 3.8) is 0 Å². The molecule has 2 aromatic carbocycles. The maximum absolute atomic E-state index is 13.6. The van der Waals surface area contributed by atoms with Crippen LogP contribution in [-0.2, 0) is 9.59 Å². The summed E-state index contributed by atoms with van der Waals surface area (Å²) in [6.07, 6.45) is 0.187. The number of nitrogens with one attached hydrogen (secondary N) is 2. The Labute approximate surface area is 209 Å². The van der Waals surface area contributed by atoms with Crippen molar-refractivity contribution >= 4 is 46.0 Å². The first-order valence-electron chi connectivity index (χ1n) is 11.2. The number of anilines is 1. The maximum atomic E-state index is 13.6. The average Bonchev–Trinajstić information content (AvgIpc) is 3.19. The average molecular weight is 495 g/mol. The van der Waals surface area contributed by atoms with Crippen molar-refractivity contribution in [2.75, 3.05) is 11.9 Å². The van der Waals surface area contributed by atoms with Crippen molar-refractivity contribution in [2.45, 2.75) is 33.2 Å². The van der Waals surface area contributed by atoms with Gasteiger partial charge in [-0.2, -0.15) is 0 Å². The highest BCUT2D eigenvalue weighted by Crippen LogP contribution is 2.46. The fourth-order valence-electron chi connectivity index (χ4n) is 3.92. The lowest BCUT2D eigenvalue weighted by atomic mass is 9.93. The Morgan fingerprint density at radius 3 is 2.53 bits per heavy atom. The van der Waals surface area contributed by atoms with Gasteiger partial charge in [-0.15, -0.1) is 0 Å². The lowest BCUT2D eigenvalue weighted by molar-refractivity contribution is -0.120. The van der Waals surface area contributed by atoms with Gasteiger partial charge in [0.25, 0.3) is 5.91 Å². The molecule has 2 aliphatic rings. The summed E-state index contributed by atoms with van der Waals surface area (Å²) in [6, 6.07) is 16.3. The molecular weight excluding hydrogens is 468 g/mol. The van der Waals surface area contributed by atoms with Crippen LogP contribution in [0.2, 0.25) is 5.02 Å². The molecule has 2 aromatic rings. The second-order valence-electron chi connectivity index (χ2n) is 8.61. The number of amidine groups is 1. The van der Waals surface area contributed by atoms with Gasteiger partial charge in [0.05, 0.1) is 23.7 Å². The van der Waals surface area contributed by atoms with Gasteiger partial charge in [-0.1, -0.05) is 73.6 Å². The van der Waals surface area contributed by atoms with Gasteiger partial charge in [-0.25, -0.2) is 4.99 Å². The molecule has 0 aromatic heterocycles. The molecular formula is C26H27ClN4O2S. The van der Waals surface area contributed by atoms with Crippen LogP contribution < -0.4 is 10.6 Å². The van der Waals surface area contributed by atoms with Gasteiger partial charge >= 0.3 is 0 Å². The maximum Gasteiger partial charge on any atom is 0.255 e. The van der Waals surface area contributed by atoms with E-state index in [4.69, 9.17) is 16.6 Å². The van der Waals surface area contributed by atoms with Crippen molar-refractivity contribution in [1.82, 2.24) is 10.2 Å². The van der Waals surface area contributed by atoms with Gasteiger partial charge in [0.1, 0.15) is 0 Å². The first kappa shape index (κ1) is 24.1. The summed E-state index contributed by atoms with van der Waals surface area (Å²) in [4.78, 5) is 32.9. The number of halogens is 1. The summed E-state index contributed by atoms with van der Waals surface area (Å²) >= 11 is 8.09. The minimum Gasteiger partial charge on any atom is -0.356 e. The highest BCUT2D eigenvalue weighted by atomic mass is 35.5. The first-order chi connectivity index (χ1) is 16.3. The molecule has 176 valence electrons. The largest absolute Gasteiger partial charge is 0.356 e. The van der Waals surface area contributed by atoms with Crippen LogP contribution in [0.3, 0.4) is 0 Å². The van der Waals surface area contributed by atoms with Crippen molar-refractivity contribution in [3.8, 4) is 0 Å². The molecule has 2 amide bonds. The van der Waals surface area contributed by atoms with Gasteiger partial charge in [0, 0.05) is 23.0 Å². The number of hydrogen-bond acceptors (Lipinski definition) is 5. The molecule has 0 spiro atoms. The molecule has 34 heavy (non-hydrogen) atoms. The zero-order chi connectivity index (χ0) is 24.2. The van der Waals surface area contributed by atoms with Gasteiger partial charge in [0.15, 0.2) is 5.17 Å². The number of carbonyl (C=O) groups excluding carboxylic acids is 2. The molecule has 0 bridgehead atoms. The number of carbonyl (C=O) groups is 2. The highest BCUT2D eigenvalue weighted by molar-refractivity contribution is 8.16. The van der Waals surface area contributed by atoms with E-state index >= 15 is 0 Å². The van der Waals surface area contributed by atoms with Crippen LogP contribution in [0.4, 0.5) is 5.69 Å². The number of rotatable bonds is 7. The van der Waals surface area contributed by atoms with E-state index in [0.717, 1.165) is 16.4 Å². The van der Waals surface area contributed by atoms with Crippen LogP contribution in [0.5, 0.6) is 0 Å². The molecule has 0 aliphatic carbocycles. The molecule has 2 heterocycles. The Bertz CT molecular complexity index is 1190. The Morgan fingerprint density at radius 2 is 1.82 bits per heavy atom. The van der Waals surface area contributed by atoms with Crippen LogP contribution >= 0.6 is 23.4 Å². The number of fused-ring (bicyclic) bond motifs is 1. The van der Waals surface area contributed by atoms with E-state index in [1.54, 1.807) is 0 Å². The Morgan fingerprint density at radius 1 is 1.12 bits per heavy atom. The quantitative estimate of drug-likeness (QED) is 0.516. The number of amides is 2. The van der Waals surface area contributed by atoms with Crippen molar-refractivity contribution in [1.29, 1.82) is 0 Å². The Balaban J connectivity index is 1.71. The van der Waals surface area contributed by atoms with Crippen LogP contribution in [0.25, 0.3) is 0 Å². The molecule has 1 unspecified atom stereocenters. The predicted octanol–water partition coefficient (Wildman–Crippen LogP) is 5.72. The van der Waals surface area contributed by atoms with E-state index < -0.39 is 6.04 Å². The normalized spacial score (nSPS) is 17.3. The van der Waals surface area contributed by atoms with Crippen molar-refractivity contribution in [2.24, 2.45) is 10.9 Å². The molecule has 8 heteroatoms. The summed E-state index contributed by atoms with van der Waals surface area (Å²) < 4.78 is 0. The van der Waals surface area contributed by atoms with Crippen molar-refractivity contribution < 1.29 is 9.59 Å². The molecule has 6 nitrogen and oxygen atoms in total. The third kappa shape index (κ3) is 5.21. The lowest BCUT2D eigenvalue weighted by Gasteiger charge is -2.37. The minimum absolute atomic E-state index is 0.0683. The Kier molecular flexibility index (Phi) is 7.44. The van der Waals surface area contributed by atoms with E-state index in [2.05, 4.69) is 24.5 Å². The first-order valence-corrected chi connectivity index (χ1v) is 12.4. The molecule has 4 rings (SSSR count). The van der Waals surface area contributed by atoms with Crippen molar-refractivity contribution in [3.05, 3.63) is 87.6 Å². The van der Waals surface area contributed by atoms with E-state index in [9.17, 15) is 9.59 Å². The monoisotopic (exact) mass is 494 g/mol. The van der Waals surface area contributed by atoms with Gasteiger partial charge in [-0.05, 0) is 42.0 Å². The number of hydrogen-bond donors (Lipinski definition) is 2. The molecule has 2 aliphatic heterocycles. The van der Waals surface area contributed by atoms with Gasteiger partial charge < -0.3 is 15.5 Å². The second-order valence-corrected chi connectivity index (χ2v) is 9.85. The molecule has 0 radical (unpaired) electrons. The second kappa shape index (κ2) is 10.5. The molecule has 0 saturated carbocycles. The summed E-state index contributed by atoms with van der Waals surface area (Å²) in [5.74, 6) is 0.0379. The van der Waals surface area contributed by atoms with Crippen LogP contribution in [-0.4, -0.2) is 28.4 Å². The number of nitrogens with zero attached hydrogens (tertiary/aromatic N) is 2. The third-order valence-electron chi connectivity index (χ3n) is 5.53.